The molecule has 4 nitrogen and oxygen atoms in total. The van der Waals surface area contributed by atoms with E-state index in [1.165, 1.54) is 19.3 Å². The molecule has 0 aliphatic heterocycles. The van der Waals surface area contributed by atoms with Gasteiger partial charge in [-0.3, -0.25) is 0 Å². The Hall–Kier alpha value is 1.20. The van der Waals surface area contributed by atoms with Crippen LogP contribution < -0.4 is 0 Å². The largest absolute Gasteiger partial charge is 4.00 e. The third-order valence-corrected chi connectivity index (χ3v) is 3.19. The first-order valence-corrected chi connectivity index (χ1v) is 6.40. The SMILES string of the molecule is C[N-]C.C[N-]C.C[N-]OC[C@@H]1CCCC1Br.[CH3-].[Zr+4]. The maximum Gasteiger partial charge on any atom is 4.00 e. The minimum Gasteiger partial charge on any atom is -0.668 e. The first kappa shape index (κ1) is 27.5. The summed E-state index contributed by atoms with van der Waals surface area (Å²) in [6.07, 6.45) is 3.90. The van der Waals surface area contributed by atoms with Gasteiger partial charge in [0.15, 0.2) is 0 Å². The van der Waals surface area contributed by atoms with Crippen LogP contribution in [-0.4, -0.2) is 46.7 Å². The van der Waals surface area contributed by atoms with Crippen LogP contribution in [-0.2, 0) is 31.0 Å². The molecular weight excluding hydrogens is 373 g/mol. The molecule has 1 fully saturated rings. The summed E-state index contributed by atoms with van der Waals surface area (Å²) >= 11 is 3.61. The Morgan fingerprint density at radius 3 is 1.78 bits per heavy atom. The smallest absolute Gasteiger partial charge is 0.668 e. The Morgan fingerprint density at radius 2 is 1.50 bits per heavy atom. The molecule has 1 aliphatic carbocycles. The summed E-state index contributed by atoms with van der Waals surface area (Å²) in [4.78, 5) is 5.64. The number of rotatable bonds is 3. The second kappa shape index (κ2) is 23.3. The maximum atomic E-state index is 4.98. The molecule has 0 aromatic heterocycles. The molecule has 6 heteroatoms. The van der Waals surface area contributed by atoms with Crippen molar-refractivity contribution < 1.29 is 31.0 Å². The normalized spacial score (nSPS) is 20.3. The van der Waals surface area contributed by atoms with Crippen molar-refractivity contribution in [2.45, 2.75) is 24.1 Å². The third-order valence-electron chi connectivity index (χ3n) is 1.98. The van der Waals surface area contributed by atoms with Gasteiger partial charge in [-0.25, -0.2) is 0 Å². The summed E-state index contributed by atoms with van der Waals surface area (Å²) in [7, 11) is 8.68. The molecule has 0 bridgehead atoms. The summed E-state index contributed by atoms with van der Waals surface area (Å²) in [5.74, 6) is 0.684. The minimum absolute atomic E-state index is 0. The Labute approximate surface area is 142 Å². The number of alkyl halides is 1. The Balaban J connectivity index is -0.000000106. The van der Waals surface area contributed by atoms with Crippen LogP contribution in [0.15, 0.2) is 0 Å². The van der Waals surface area contributed by atoms with Crippen LogP contribution in [0.5, 0.6) is 0 Å². The van der Waals surface area contributed by atoms with Crippen LogP contribution in [0.2, 0.25) is 0 Å². The Kier molecular flexibility index (Phi) is 35.6. The third kappa shape index (κ3) is 19.5. The Bertz CT molecular complexity index is 132. The molecule has 1 rings (SSSR count). The van der Waals surface area contributed by atoms with E-state index in [2.05, 4.69) is 32.0 Å². The van der Waals surface area contributed by atoms with E-state index in [9.17, 15) is 0 Å². The van der Waals surface area contributed by atoms with Gasteiger partial charge >= 0.3 is 26.2 Å². The van der Waals surface area contributed by atoms with Crippen molar-refractivity contribution in [2.75, 3.05) is 41.8 Å². The molecule has 0 radical (unpaired) electrons. The van der Waals surface area contributed by atoms with Gasteiger partial charge in [0.05, 0.1) is 0 Å². The minimum atomic E-state index is 0. The van der Waals surface area contributed by atoms with E-state index in [1.54, 1.807) is 35.2 Å². The van der Waals surface area contributed by atoms with Crippen LogP contribution in [0, 0.1) is 13.3 Å². The summed E-state index contributed by atoms with van der Waals surface area (Å²) in [5.41, 5.74) is 3.61. The van der Waals surface area contributed by atoms with Gasteiger partial charge in [0.2, 0.25) is 0 Å². The summed E-state index contributed by atoms with van der Waals surface area (Å²) in [6.45, 7) is 0.784. The van der Waals surface area contributed by atoms with Crippen molar-refractivity contribution in [2.24, 2.45) is 5.92 Å². The molecule has 1 saturated carbocycles. The van der Waals surface area contributed by atoms with E-state index >= 15 is 0 Å². The van der Waals surface area contributed by atoms with Gasteiger partial charge < -0.3 is 28.4 Å². The van der Waals surface area contributed by atoms with E-state index < -0.39 is 0 Å². The van der Waals surface area contributed by atoms with Crippen LogP contribution in [0.4, 0.5) is 0 Å². The van der Waals surface area contributed by atoms with Crippen molar-refractivity contribution in [3.05, 3.63) is 23.5 Å². The average Bonchev–Trinajstić information content (AvgIpc) is 2.63. The fourth-order valence-corrected chi connectivity index (χ4v) is 2.09. The molecule has 18 heavy (non-hydrogen) atoms. The molecule has 1 unspecified atom stereocenters. The van der Waals surface area contributed by atoms with E-state index in [0.29, 0.717) is 10.7 Å². The maximum absolute atomic E-state index is 4.98. The average molecular weight is 402 g/mol. The molecule has 0 N–H and O–H groups in total. The van der Waals surface area contributed by atoms with Gasteiger partial charge in [0, 0.05) is 11.4 Å². The summed E-state index contributed by atoms with van der Waals surface area (Å²) < 4.78 is 0. The Morgan fingerprint density at radius 1 is 1.06 bits per heavy atom. The van der Waals surface area contributed by atoms with Crippen LogP contribution in [0.1, 0.15) is 19.3 Å². The fourth-order valence-electron chi connectivity index (χ4n) is 1.35. The van der Waals surface area contributed by atoms with Crippen LogP contribution >= 0.6 is 15.9 Å². The van der Waals surface area contributed by atoms with Gasteiger partial charge in [-0.15, -0.1) is 7.05 Å². The molecule has 0 heterocycles. The zero-order valence-electron chi connectivity index (χ0n) is 12.6. The zero-order valence-corrected chi connectivity index (χ0v) is 16.7. The van der Waals surface area contributed by atoms with Gasteiger partial charge in [0.25, 0.3) is 0 Å². The number of halogens is 1. The summed E-state index contributed by atoms with van der Waals surface area (Å²) in [6, 6.07) is 0. The first-order valence-electron chi connectivity index (χ1n) is 5.48. The second-order valence-corrected chi connectivity index (χ2v) is 4.76. The molecule has 0 amide bonds. The van der Waals surface area contributed by atoms with Crippen molar-refractivity contribution in [1.82, 2.24) is 0 Å². The van der Waals surface area contributed by atoms with E-state index in [0.717, 1.165) is 6.61 Å². The molecule has 108 valence electrons. The molecule has 0 aromatic rings. The standard InChI is InChI=1S/C7H13BrNO.2C2H6N.CH3.Zr/c1-9-10-5-6-3-2-4-7(6)8;2*1-3-2;;/h6-7H,2-5H2,1H3;2*1-2H3;1H3;/q4*-1;+4/t6-,7?;;;;/m0..../s1. The molecule has 2 atom stereocenters. The van der Waals surface area contributed by atoms with Gasteiger partial charge in [-0.2, -0.15) is 28.2 Å². The number of nitrogens with zero attached hydrogens (tertiary/aromatic N) is 3. The second-order valence-electron chi connectivity index (χ2n) is 3.58. The van der Waals surface area contributed by atoms with Crippen molar-refractivity contribution >= 4 is 15.9 Å². The quantitative estimate of drug-likeness (QED) is 0.398. The molecular formula is C12H28BrN3OZr. The van der Waals surface area contributed by atoms with Gasteiger partial charge in [-0.05, 0) is 18.8 Å². The first-order chi connectivity index (χ1) is 7.67. The van der Waals surface area contributed by atoms with Crippen LogP contribution in [0.3, 0.4) is 0 Å². The topological polar surface area (TPSA) is 51.5 Å². The number of hydroxylamine groups is 1. The summed E-state index contributed by atoms with van der Waals surface area (Å²) in [5, 5.41) is 7.00. The molecule has 0 aromatic carbocycles. The van der Waals surface area contributed by atoms with Crippen molar-refractivity contribution in [1.29, 1.82) is 0 Å². The molecule has 1 aliphatic rings. The predicted octanol–water partition coefficient (Wildman–Crippen LogP) is 4.17. The van der Waals surface area contributed by atoms with E-state index in [-0.39, 0.29) is 33.6 Å². The van der Waals surface area contributed by atoms with Crippen molar-refractivity contribution in [3.8, 4) is 0 Å². The van der Waals surface area contributed by atoms with E-state index in [4.69, 9.17) is 4.84 Å². The van der Waals surface area contributed by atoms with Crippen LogP contribution in [0.25, 0.3) is 16.1 Å². The zero-order chi connectivity index (χ0) is 12.8. The monoisotopic (exact) mass is 399 g/mol. The molecule has 0 spiro atoms. The predicted molar refractivity (Wildman–Crippen MR) is 82.1 cm³/mol. The molecule has 0 saturated heterocycles. The fraction of sp³-hybridized carbons (Fsp3) is 0.917. The van der Waals surface area contributed by atoms with Crippen molar-refractivity contribution in [3.63, 3.8) is 0 Å². The number of hydrogen-bond donors (Lipinski definition) is 0. The van der Waals surface area contributed by atoms with Gasteiger partial charge in [0.1, 0.15) is 0 Å². The van der Waals surface area contributed by atoms with Gasteiger partial charge in [-0.1, -0.05) is 22.4 Å². The van der Waals surface area contributed by atoms with E-state index in [1.807, 2.05) is 0 Å². The number of hydrogen-bond acceptors (Lipinski definition) is 1.